The third-order valence-electron chi connectivity index (χ3n) is 5.50. The topological polar surface area (TPSA) is 81.8 Å². The van der Waals surface area contributed by atoms with E-state index in [0.29, 0.717) is 5.92 Å². The molecule has 1 atom stereocenters. The molecule has 126 valence electrons. The number of nitrogens with one attached hydrogen (secondary N) is 3. The second-order valence-electron chi connectivity index (χ2n) is 7.26. The van der Waals surface area contributed by atoms with Gasteiger partial charge in [-0.3, -0.25) is 5.10 Å². The number of hydrogen-bond donors (Lipinski definition) is 3. The van der Waals surface area contributed by atoms with E-state index in [1.807, 2.05) is 12.3 Å². The molecule has 0 radical (unpaired) electrons. The maximum Gasteiger partial charge on any atom is 0.227 e. The molecule has 2 aliphatic heterocycles. The number of H-pyrrole nitrogens is 1. The van der Waals surface area contributed by atoms with E-state index in [1.165, 1.54) is 38.0 Å². The van der Waals surface area contributed by atoms with Crippen molar-refractivity contribution in [3.63, 3.8) is 0 Å². The van der Waals surface area contributed by atoms with Crippen LogP contribution in [0.4, 0.5) is 17.6 Å². The van der Waals surface area contributed by atoms with Gasteiger partial charge in [-0.15, -0.1) is 0 Å². The van der Waals surface area contributed by atoms with E-state index in [1.54, 1.807) is 0 Å². The Bertz CT molecular complexity index is 719. The summed E-state index contributed by atoms with van der Waals surface area (Å²) in [5, 5.41) is 14.1. The first-order valence-corrected chi connectivity index (χ1v) is 8.96. The SMILES string of the molecule is c1cc(Nc2cc(C3CC3)[nH]n2)nc(N2CC[C@H](C3CNC3)C2)n1. The van der Waals surface area contributed by atoms with Crippen molar-refractivity contribution in [2.75, 3.05) is 36.4 Å². The van der Waals surface area contributed by atoms with Crippen LogP contribution < -0.4 is 15.5 Å². The maximum absolute atomic E-state index is 4.69. The quantitative estimate of drug-likeness (QED) is 0.778. The highest BCUT2D eigenvalue weighted by Gasteiger charge is 2.33. The first-order chi connectivity index (χ1) is 11.8. The summed E-state index contributed by atoms with van der Waals surface area (Å²) >= 11 is 0. The Morgan fingerprint density at radius 3 is 2.83 bits per heavy atom. The summed E-state index contributed by atoms with van der Waals surface area (Å²) in [6.07, 6.45) is 5.62. The Morgan fingerprint density at radius 2 is 2.04 bits per heavy atom. The van der Waals surface area contributed by atoms with Gasteiger partial charge in [0.15, 0.2) is 5.82 Å². The standard InChI is InChI=1S/C17H23N7/c1-2-11(1)14-7-16(23-22-14)20-15-3-5-19-17(21-15)24-6-4-12(10-24)13-8-18-9-13/h3,5,7,11-13,18H,1-2,4,6,8-10H2,(H2,19,20,21,22,23)/t12-/m0/s1. The van der Waals surface area contributed by atoms with Crippen molar-refractivity contribution in [2.45, 2.75) is 25.2 Å². The van der Waals surface area contributed by atoms with Gasteiger partial charge in [-0.05, 0) is 50.3 Å². The number of hydrogen-bond acceptors (Lipinski definition) is 6. The maximum atomic E-state index is 4.69. The fourth-order valence-corrected chi connectivity index (χ4v) is 3.70. The molecule has 1 saturated carbocycles. The Kier molecular flexibility index (Phi) is 3.40. The number of aromatic nitrogens is 4. The van der Waals surface area contributed by atoms with Gasteiger partial charge in [0, 0.05) is 37.0 Å². The van der Waals surface area contributed by atoms with Crippen molar-refractivity contribution in [2.24, 2.45) is 11.8 Å². The van der Waals surface area contributed by atoms with Crippen LogP contribution in [0.5, 0.6) is 0 Å². The van der Waals surface area contributed by atoms with Crippen molar-refractivity contribution >= 4 is 17.6 Å². The Hall–Kier alpha value is -2.15. The molecule has 0 spiro atoms. The van der Waals surface area contributed by atoms with Crippen molar-refractivity contribution < 1.29 is 0 Å². The third kappa shape index (κ3) is 2.73. The van der Waals surface area contributed by atoms with Crippen LogP contribution >= 0.6 is 0 Å². The summed E-state index contributed by atoms with van der Waals surface area (Å²) in [6.45, 7) is 4.47. The summed E-state index contributed by atoms with van der Waals surface area (Å²) in [6, 6.07) is 3.99. The van der Waals surface area contributed by atoms with Crippen LogP contribution in [0.25, 0.3) is 0 Å². The largest absolute Gasteiger partial charge is 0.340 e. The molecule has 0 bridgehead atoms. The number of nitrogens with zero attached hydrogens (tertiary/aromatic N) is 4. The molecule has 1 aliphatic carbocycles. The normalized spacial score (nSPS) is 24.2. The van der Waals surface area contributed by atoms with Crippen molar-refractivity contribution in [1.29, 1.82) is 0 Å². The fourth-order valence-electron chi connectivity index (χ4n) is 3.70. The average Bonchev–Trinajstić information content (AvgIpc) is 3.10. The van der Waals surface area contributed by atoms with Gasteiger partial charge >= 0.3 is 0 Å². The number of aromatic amines is 1. The van der Waals surface area contributed by atoms with E-state index >= 15 is 0 Å². The lowest BCUT2D eigenvalue weighted by Gasteiger charge is -2.32. The Morgan fingerprint density at radius 1 is 1.12 bits per heavy atom. The van der Waals surface area contributed by atoms with E-state index in [0.717, 1.165) is 42.5 Å². The van der Waals surface area contributed by atoms with Crippen molar-refractivity contribution in [3.05, 3.63) is 24.0 Å². The van der Waals surface area contributed by atoms with Gasteiger partial charge in [-0.1, -0.05) is 0 Å². The molecule has 0 unspecified atom stereocenters. The van der Waals surface area contributed by atoms with E-state index in [2.05, 4.69) is 36.8 Å². The molecule has 2 saturated heterocycles. The molecule has 2 aromatic heterocycles. The van der Waals surface area contributed by atoms with Crippen LogP contribution in [0.15, 0.2) is 18.3 Å². The highest BCUT2D eigenvalue weighted by atomic mass is 15.3. The van der Waals surface area contributed by atoms with Gasteiger partial charge in [0.25, 0.3) is 0 Å². The highest BCUT2D eigenvalue weighted by molar-refractivity contribution is 5.53. The zero-order valence-electron chi connectivity index (χ0n) is 13.7. The van der Waals surface area contributed by atoms with E-state index in [4.69, 9.17) is 4.98 Å². The molecule has 2 aromatic rings. The summed E-state index contributed by atoms with van der Waals surface area (Å²) in [5.41, 5.74) is 1.23. The van der Waals surface area contributed by atoms with E-state index in [-0.39, 0.29) is 0 Å². The van der Waals surface area contributed by atoms with Crippen LogP contribution in [-0.4, -0.2) is 46.3 Å². The average molecular weight is 325 g/mol. The molecule has 0 aromatic carbocycles. The summed E-state index contributed by atoms with van der Waals surface area (Å²) in [7, 11) is 0. The molecule has 7 nitrogen and oxygen atoms in total. The van der Waals surface area contributed by atoms with Crippen molar-refractivity contribution in [3.8, 4) is 0 Å². The highest BCUT2D eigenvalue weighted by Crippen LogP contribution is 2.39. The predicted molar refractivity (Wildman–Crippen MR) is 92.6 cm³/mol. The van der Waals surface area contributed by atoms with Gasteiger partial charge in [0.05, 0.1) is 0 Å². The van der Waals surface area contributed by atoms with Crippen LogP contribution in [0, 0.1) is 11.8 Å². The molecular weight excluding hydrogens is 302 g/mol. The van der Waals surface area contributed by atoms with Crippen molar-refractivity contribution in [1.82, 2.24) is 25.5 Å². The molecule has 3 N–H and O–H groups in total. The smallest absolute Gasteiger partial charge is 0.227 e. The first-order valence-electron chi connectivity index (χ1n) is 8.96. The lowest BCUT2D eigenvalue weighted by molar-refractivity contribution is 0.250. The van der Waals surface area contributed by atoms with Crippen LogP contribution in [0.2, 0.25) is 0 Å². The van der Waals surface area contributed by atoms with Crippen LogP contribution in [-0.2, 0) is 0 Å². The summed E-state index contributed by atoms with van der Waals surface area (Å²) < 4.78 is 0. The summed E-state index contributed by atoms with van der Waals surface area (Å²) in [4.78, 5) is 11.5. The van der Waals surface area contributed by atoms with Crippen LogP contribution in [0.3, 0.4) is 0 Å². The Balaban J connectivity index is 1.27. The minimum Gasteiger partial charge on any atom is -0.340 e. The minimum atomic E-state index is 0.677. The lowest BCUT2D eigenvalue weighted by atomic mass is 9.87. The summed E-state index contributed by atoms with van der Waals surface area (Å²) in [5.74, 6) is 4.76. The van der Waals surface area contributed by atoms with Gasteiger partial charge in [0.1, 0.15) is 5.82 Å². The van der Waals surface area contributed by atoms with E-state index < -0.39 is 0 Å². The van der Waals surface area contributed by atoms with Gasteiger partial charge < -0.3 is 15.5 Å². The molecular formula is C17H23N7. The Labute approximate surface area is 141 Å². The zero-order valence-corrected chi connectivity index (χ0v) is 13.7. The molecule has 3 aliphatic rings. The van der Waals surface area contributed by atoms with E-state index in [9.17, 15) is 0 Å². The molecule has 24 heavy (non-hydrogen) atoms. The molecule has 4 heterocycles. The molecule has 5 rings (SSSR count). The van der Waals surface area contributed by atoms with Gasteiger partial charge in [-0.25, -0.2) is 4.98 Å². The monoisotopic (exact) mass is 325 g/mol. The number of rotatable bonds is 5. The lowest BCUT2D eigenvalue weighted by Crippen LogP contribution is -2.46. The zero-order chi connectivity index (χ0) is 15.9. The second kappa shape index (κ2) is 5.73. The van der Waals surface area contributed by atoms with Gasteiger partial charge in [0.2, 0.25) is 5.95 Å². The number of anilines is 3. The molecule has 3 fully saturated rings. The molecule has 0 amide bonds. The van der Waals surface area contributed by atoms with Crippen LogP contribution in [0.1, 0.15) is 30.9 Å². The second-order valence-corrected chi connectivity index (χ2v) is 7.26. The minimum absolute atomic E-state index is 0.677. The first kappa shape index (κ1) is 14.2. The van der Waals surface area contributed by atoms with Gasteiger partial charge in [-0.2, -0.15) is 10.1 Å². The third-order valence-corrected chi connectivity index (χ3v) is 5.50. The predicted octanol–water partition coefficient (Wildman–Crippen LogP) is 1.87. The molecule has 7 heteroatoms. The fraction of sp³-hybridized carbons (Fsp3) is 0.588.